The molecule has 0 radical (unpaired) electrons. The summed E-state index contributed by atoms with van der Waals surface area (Å²) in [6.07, 6.45) is 3.94. The number of hydrogen-bond donors (Lipinski definition) is 2. The molecule has 0 spiro atoms. The van der Waals surface area contributed by atoms with E-state index in [0.717, 1.165) is 48.8 Å². The van der Waals surface area contributed by atoms with Gasteiger partial charge in [-0.15, -0.1) is 0 Å². The van der Waals surface area contributed by atoms with Crippen molar-refractivity contribution < 1.29 is 15.0 Å². The summed E-state index contributed by atoms with van der Waals surface area (Å²) in [5.41, 5.74) is 2.95. The summed E-state index contributed by atoms with van der Waals surface area (Å²) in [7, 11) is 0. The first-order valence-electron chi connectivity index (χ1n) is 13.2. The highest BCUT2D eigenvalue weighted by Gasteiger charge is 2.43. The van der Waals surface area contributed by atoms with Crippen LogP contribution in [0.5, 0.6) is 0 Å². The Kier molecular flexibility index (Phi) is 7.73. The van der Waals surface area contributed by atoms with Gasteiger partial charge in [-0.1, -0.05) is 76.4 Å². The Balaban J connectivity index is 1.64. The summed E-state index contributed by atoms with van der Waals surface area (Å²) in [6, 6.07) is 18.3. The van der Waals surface area contributed by atoms with Crippen molar-refractivity contribution in [1.82, 2.24) is 9.80 Å². The predicted octanol–water partition coefficient (Wildman–Crippen LogP) is 5.71. The number of piperazine rings is 1. The van der Waals surface area contributed by atoms with Crippen LogP contribution in [0, 0.1) is 16.7 Å². The number of rotatable bonds is 5. The summed E-state index contributed by atoms with van der Waals surface area (Å²) in [5, 5.41) is 30.8. The molecule has 4 rings (SSSR count). The predicted molar refractivity (Wildman–Crippen MR) is 142 cm³/mol. The van der Waals surface area contributed by atoms with Gasteiger partial charge in [-0.05, 0) is 47.1 Å². The number of nitrogens with zero attached hydrogens (tertiary/aromatic N) is 3. The molecule has 2 aromatic carbocycles. The van der Waals surface area contributed by atoms with Gasteiger partial charge in [0.25, 0.3) is 0 Å². The lowest BCUT2D eigenvalue weighted by molar-refractivity contribution is -0.0499. The van der Waals surface area contributed by atoms with E-state index in [2.05, 4.69) is 56.0 Å². The normalized spacial score (nSPS) is 21.5. The van der Waals surface area contributed by atoms with Crippen molar-refractivity contribution in [3.8, 4) is 17.2 Å². The highest BCUT2D eigenvalue weighted by molar-refractivity contribution is 5.66. The molecule has 1 saturated carbocycles. The molecule has 1 amide bonds. The number of amides is 1. The lowest BCUT2D eigenvalue weighted by Gasteiger charge is -2.50. The second kappa shape index (κ2) is 10.6. The minimum Gasteiger partial charge on any atom is -0.465 e. The molecule has 6 heteroatoms. The van der Waals surface area contributed by atoms with Crippen molar-refractivity contribution >= 4 is 6.09 Å². The molecular formula is C30H39N3O3. The molecular weight excluding hydrogens is 450 g/mol. The van der Waals surface area contributed by atoms with Gasteiger partial charge in [0.2, 0.25) is 0 Å². The summed E-state index contributed by atoms with van der Waals surface area (Å²) in [4.78, 5) is 15.7. The van der Waals surface area contributed by atoms with Crippen LogP contribution in [0.15, 0.2) is 48.5 Å². The number of benzene rings is 2. The molecule has 2 unspecified atom stereocenters. The number of carboxylic acid groups (broad SMARTS) is 1. The number of hydrogen-bond acceptors (Lipinski definition) is 4. The molecule has 0 aromatic heterocycles. The third-order valence-corrected chi connectivity index (χ3v) is 8.18. The van der Waals surface area contributed by atoms with Gasteiger partial charge >= 0.3 is 6.09 Å². The topological polar surface area (TPSA) is 87.8 Å². The van der Waals surface area contributed by atoms with Crippen LogP contribution in [-0.2, 0) is 0 Å². The van der Waals surface area contributed by atoms with Crippen molar-refractivity contribution in [3.05, 3.63) is 59.7 Å². The van der Waals surface area contributed by atoms with Crippen LogP contribution in [0.25, 0.3) is 11.1 Å². The Bertz CT molecular complexity index is 1090. The molecule has 2 atom stereocenters. The summed E-state index contributed by atoms with van der Waals surface area (Å²) in [5.74, 6) is -0.0569. The van der Waals surface area contributed by atoms with Crippen molar-refractivity contribution in [2.75, 3.05) is 26.2 Å². The van der Waals surface area contributed by atoms with E-state index < -0.39 is 11.7 Å². The second-order valence-corrected chi connectivity index (χ2v) is 11.6. The first kappa shape index (κ1) is 26.2. The summed E-state index contributed by atoms with van der Waals surface area (Å²) < 4.78 is 0. The van der Waals surface area contributed by atoms with Crippen LogP contribution < -0.4 is 0 Å². The van der Waals surface area contributed by atoms with Crippen LogP contribution in [0.3, 0.4) is 0 Å². The molecule has 6 nitrogen and oxygen atoms in total. The number of nitriles is 1. The molecule has 192 valence electrons. The van der Waals surface area contributed by atoms with E-state index in [1.807, 2.05) is 24.3 Å². The minimum atomic E-state index is -0.859. The van der Waals surface area contributed by atoms with Gasteiger partial charge in [-0.3, -0.25) is 4.90 Å². The van der Waals surface area contributed by atoms with E-state index in [9.17, 15) is 20.3 Å². The van der Waals surface area contributed by atoms with Crippen LogP contribution in [0.1, 0.15) is 69.9 Å². The number of carbonyl (C=O) groups is 1. The lowest BCUT2D eigenvalue weighted by atomic mass is 9.72. The van der Waals surface area contributed by atoms with Gasteiger partial charge in [0, 0.05) is 38.1 Å². The van der Waals surface area contributed by atoms with E-state index >= 15 is 0 Å². The first-order chi connectivity index (χ1) is 17.1. The van der Waals surface area contributed by atoms with E-state index in [4.69, 9.17) is 0 Å². The fourth-order valence-corrected chi connectivity index (χ4v) is 6.04. The molecule has 1 aliphatic heterocycles. The first-order valence-corrected chi connectivity index (χ1v) is 13.2. The highest BCUT2D eigenvalue weighted by Crippen LogP contribution is 2.42. The van der Waals surface area contributed by atoms with E-state index in [1.165, 1.54) is 4.90 Å². The Labute approximate surface area is 215 Å². The monoisotopic (exact) mass is 489 g/mol. The molecule has 1 heterocycles. The SMILES string of the molecule is CC(C)(C)C1CN(C(=O)O)CCN1CC(c1ccc(-c2cccc(C#N)c2)cc1)C1(O)CCCCC1. The van der Waals surface area contributed by atoms with Crippen molar-refractivity contribution in [2.45, 2.75) is 70.4 Å². The maximum Gasteiger partial charge on any atom is 0.407 e. The minimum absolute atomic E-state index is 0.0569. The molecule has 0 bridgehead atoms. The Morgan fingerprint density at radius 1 is 1.08 bits per heavy atom. The standard InChI is InChI=1S/C30H39N3O3/c1-29(2,3)27-21-33(28(34)35)17-16-32(27)20-26(30(36)14-5-4-6-15-30)24-12-10-23(11-13-24)25-9-7-8-22(18-25)19-31/h7-13,18,26-27,36H,4-6,14-17,20-21H2,1-3H3,(H,34,35). The van der Waals surface area contributed by atoms with Gasteiger partial charge < -0.3 is 15.1 Å². The van der Waals surface area contributed by atoms with Crippen LogP contribution in [0.4, 0.5) is 4.79 Å². The fourth-order valence-electron chi connectivity index (χ4n) is 6.04. The van der Waals surface area contributed by atoms with Gasteiger partial charge in [0.15, 0.2) is 0 Å². The largest absolute Gasteiger partial charge is 0.465 e. The molecule has 1 saturated heterocycles. The third-order valence-electron chi connectivity index (χ3n) is 8.18. The molecule has 2 aromatic rings. The average Bonchev–Trinajstić information content (AvgIpc) is 2.87. The molecule has 1 aliphatic carbocycles. The smallest absolute Gasteiger partial charge is 0.407 e. The molecule has 2 aliphatic rings. The molecule has 2 fully saturated rings. The van der Waals surface area contributed by atoms with Crippen LogP contribution >= 0.6 is 0 Å². The Morgan fingerprint density at radius 2 is 1.78 bits per heavy atom. The van der Waals surface area contributed by atoms with Gasteiger partial charge in [0.1, 0.15) is 0 Å². The zero-order valence-corrected chi connectivity index (χ0v) is 21.8. The molecule has 2 N–H and O–H groups in total. The Hall–Kier alpha value is -2.88. The van der Waals surface area contributed by atoms with Crippen molar-refractivity contribution in [3.63, 3.8) is 0 Å². The van der Waals surface area contributed by atoms with Gasteiger partial charge in [-0.2, -0.15) is 5.26 Å². The summed E-state index contributed by atoms with van der Waals surface area (Å²) >= 11 is 0. The number of aliphatic hydroxyl groups is 1. The lowest BCUT2D eigenvalue weighted by Crippen LogP contribution is -2.60. The zero-order valence-electron chi connectivity index (χ0n) is 21.8. The zero-order chi connectivity index (χ0) is 25.9. The summed E-state index contributed by atoms with van der Waals surface area (Å²) in [6.45, 7) is 8.86. The average molecular weight is 490 g/mol. The molecule has 36 heavy (non-hydrogen) atoms. The van der Waals surface area contributed by atoms with Crippen molar-refractivity contribution in [1.29, 1.82) is 5.26 Å². The second-order valence-electron chi connectivity index (χ2n) is 11.6. The quantitative estimate of drug-likeness (QED) is 0.561. The van der Waals surface area contributed by atoms with Crippen LogP contribution in [-0.4, -0.2) is 63.9 Å². The highest BCUT2D eigenvalue weighted by atomic mass is 16.4. The fraction of sp³-hybridized carbons (Fsp3) is 0.533. The van der Waals surface area contributed by atoms with Crippen LogP contribution in [0.2, 0.25) is 0 Å². The maximum atomic E-state index is 11.9. The van der Waals surface area contributed by atoms with E-state index in [0.29, 0.717) is 31.7 Å². The van der Waals surface area contributed by atoms with Gasteiger partial charge in [0.05, 0.1) is 17.2 Å². The van der Waals surface area contributed by atoms with E-state index in [1.54, 1.807) is 0 Å². The van der Waals surface area contributed by atoms with Crippen molar-refractivity contribution in [2.24, 2.45) is 5.41 Å². The Morgan fingerprint density at radius 3 is 2.39 bits per heavy atom. The van der Waals surface area contributed by atoms with E-state index in [-0.39, 0.29) is 17.4 Å². The van der Waals surface area contributed by atoms with Gasteiger partial charge in [-0.25, -0.2) is 4.79 Å². The maximum absolute atomic E-state index is 11.9. The third kappa shape index (κ3) is 5.74.